The number of aromatic nitrogens is 2. The summed E-state index contributed by atoms with van der Waals surface area (Å²) in [6, 6.07) is 11.5. The number of hydrogen-bond acceptors (Lipinski definition) is 8. The molecule has 2 aliphatic rings. The number of piperidine rings is 1. The van der Waals surface area contributed by atoms with Crippen LogP contribution in [0.2, 0.25) is 0 Å². The van der Waals surface area contributed by atoms with Gasteiger partial charge in [0.1, 0.15) is 16.5 Å². The Bertz CT molecular complexity index is 1410. The smallest absolute Gasteiger partial charge is 0.322 e. The number of carbonyl (C=O) groups excluding carboxylic acids is 3. The van der Waals surface area contributed by atoms with Crippen LogP contribution in [0.5, 0.6) is 0 Å². The normalized spacial score (nSPS) is 17.3. The number of anilines is 2. The Morgan fingerprint density at radius 3 is 2.69 bits per heavy atom. The van der Waals surface area contributed by atoms with Gasteiger partial charge in [-0.3, -0.25) is 24.4 Å². The third kappa shape index (κ3) is 6.07. The topological polar surface area (TPSA) is 114 Å². The Balaban J connectivity index is 1.29. The van der Waals surface area contributed by atoms with Gasteiger partial charge >= 0.3 is 5.97 Å². The summed E-state index contributed by atoms with van der Waals surface area (Å²) >= 11 is 1.55. The first-order chi connectivity index (χ1) is 18.6. The third-order valence-electron chi connectivity index (χ3n) is 7.07. The molecular weight excluding hydrogens is 514 g/mol. The maximum absolute atomic E-state index is 13.8. The zero-order valence-corrected chi connectivity index (χ0v) is 23.3. The van der Waals surface area contributed by atoms with Crippen LogP contribution in [-0.2, 0) is 25.5 Å². The number of hydrogen-bond donors (Lipinski definition) is 2. The van der Waals surface area contributed by atoms with Gasteiger partial charge in [0.25, 0.3) is 0 Å². The number of benzene rings is 1. The van der Waals surface area contributed by atoms with Crippen molar-refractivity contribution in [2.24, 2.45) is 5.41 Å². The highest BCUT2D eigenvalue weighted by molar-refractivity contribution is 8.00. The minimum Gasteiger partial charge on any atom is -0.459 e. The van der Waals surface area contributed by atoms with Gasteiger partial charge in [-0.25, -0.2) is 0 Å². The lowest BCUT2D eigenvalue weighted by Gasteiger charge is -2.40. The van der Waals surface area contributed by atoms with E-state index in [0.29, 0.717) is 48.4 Å². The van der Waals surface area contributed by atoms with Gasteiger partial charge in [-0.15, -0.1) is 11.8 Å². The first kappa shape index (κ1) is 27.1. The number of esters is 1. The van der Waals surface area contributed by atoms with Crippen molar-refractivity contribution in [1.29, 1.82) is 0 Å². The molecule has 1 aromatic carbocycles. The molecule has 2 amide bonds. The van der Waals surface area contributed by atoms with Crippen LogP contribution in [-0.4, -0.2) is 63.6 Å². The fourth-order valence-electron chi connectivity index (χ4n) is 4.95. The summed E-state index contributed by atoms with van der Waals surface area (Å²) in [6.45, 7) is 7.38. The molecule has 39 heavy (non-hydrogen) atoms. The summed E-state index contributed by atoms with van der Waals surface area (Å²) < 4.78 is 5.77. The van der Waals surface area contributed by atoms with E-state index in [1.807, 2.05) is 32.9 Å². The van der Waals surface area contributed by atoms with Crippen molar-refractivity contribution in [3.63, 3.8) is 0 Å². The number of nitrogens with zero attached hydrogens (tertiary/aromatic N) is 3. The highest BCUT2D eigenvalue weighted by atomic mass is 32.2. The largest absolute Gasteiger partial charge is 0.459 e. The minimum atomic E-state index is -1.30. The number of rotatable bonds is 6. The molecule has 4 heterocycles. The number of fused-ring (bicyclic) bond motifs is 2. The third-order valence-corrected chi connectivity index (χ3v) is 8.15. The molecular formula is C29H33N5O4S. The number of thioether (sulfide) groups is 1. The molecule has 2 aliphatic heterocycles. The zero-order valence-electron chi connectivity index (χ0n) is 22.5. The first-order valence-corrected chi connectivity index (χ1v) is 14.1. The fourth-order valence-corrected chi connectivity index (χ4v) is 5.74. The van der Waals surface area contributed by atoms with Crippen molar-refractivity contribution in [3.05, 3.63) is 54.4 Å². The van der Waals surface area contributed by atoms with Gasteiger partial charge in [0.2, 0.25) is 11.8 Å². The molecule has 204 valence electrons. The molecule has 1 fully saturated rings. The Morgan fingerprint density at radius 1 is 1.13 bits per heavy atom. The van der Waals surface area contributed by atoms with Gasteiger partial charge in [0, 0.05) is 23.8 Å². The molecule has 5 rings (SSSR count). The lowest BCUT2D eigenvalue weighted by atomic mass is 9.77. The van der Waals surface area contributed by atoms with Crippen molar-refractivity contribution in [3.8, 4) is 0 Å². The zero-order chi connectivity index (χ0) is 27.6. The van der Waals surface area contributed by atoms with E-state index >= 15 is 0 Å². The molecule has 0 spiro atoms. The number of carbonyl (C=O) groups is 3. The lowest BCUT2D eigenvalue weighted by molar-refractivity contribution is -0.173. The maximum Gasteiger partial charge on any atom is 0.322 e. The van der Waals surface area contributed by atoms with Gasteiger partial charge in [-0.2, -0.15) is 0 Å². The van der Waals surface area contributed by atoms with E-state index in [1.54, 1.807) is 36.3 Å². The molecule has 0 radical (unpaired) electrons. The summed E-state index contributed by atoms with van der Waals surface area (Å²) in [4.78, 5) is 51.1. The van der Waals surface area contributed by atoms with Crippen molar-refractivity contribution < 1.29 is 19.1 Å². The fraction of sp³-hybridized carbons (Fsp3) is 0.414. The Kier molecular flexibility index (Phi) is 7.59. The number of amides is 2. The standard InChI is InChI=1S/C29H33N5O4S/c1-28(2,3)38-27(37)29(26(36)33-21-8-13-30-20-5-4-12-31-25(20)21)10-15-34(16-11-29)14-9-19-6-7-23-22(17-19)32-24(35)18-39-23/h4-8,12-13,17H,9-11,14-16,18H2,1-3H3,(H,32,35)(H,30,33,36). The predicted octanol–water partition coefficient (Wildman–Crippen LogP) is 4.28. The molecule has 2 N–H and O–H groups in total. The van der Waals surface area contributed by atoms with Gasteiger partial charge < -0.3 is 20.3 Å². The summed E-state index contributed by atoms with van der Waals surface area (Å²) in [5, 5.41) is 5.92. The number of likely N-dealkylation sites (tertiary alicyclic amines) is 1. The SMILES string of the molecule is CC(C)(C)OC(=O)C1(C(=O)Nc2ccnc3cccnc23)CCN(CCc2ccc3c(c2)NC(=O)CS3)CC1. The van der Waals surface area contributed by atoms with Gasteiger partial charge in [-0.05, 0) is 89.0 Å². The summed E-state index contributed by atoms with van der Waals surface area (Å²) in [5.74, 6) is -0.409. The molecule has 10 heteroatoms. The van der Waals surface area contributed by atoms with Crippen molar-refractivity contribution in [1.82, 2.24) is 14.9 Å². The molecule has 0 atom stereocenters. The second kappa shape index (κ2) is 10.9. The molecule has 3 aromatic rings. The molecule has 0 saturated carbocycles. The van der Waals surface area contributed by atoms with E-state index in [-0.39, 0.29) is 11.8 Å². The Morgan fingerprint density at radius 2 is 1.92 bits per heavy atom. The van der Waals surface area contributed by atoms with E-state index in [4.69, 9.17) is 4.74 Å². The van der Waals surface area contributed by atoms with Crippen LogP contribution < -0.4 is 10.6 Å². The average molecular weight is 548 g/mol. The molecule has 2 aromatic heterocycles. The number of pyridine rings is 2. The second-order valence-electron chi connectivity index (χ2n) is 11.0. The second-order valence-corrected chi connectivity index (χ2v) is 12.0. The highest BCUT2D eigenvalue weighted by Gasteiger charge is 2.50. The van der Waals surface area contributed by atoms with Gasteiger partial charge in [-0.1, -0.05) is 6.07 Å². The molecule has 0 bridgehead atoms. The molecule has 1 saturated heterocycles. The van der Waals surface area contributed by atoms with Crippen LogP contribution in [0.4, 0.5) is 11.4 Å². The van der Waals surface area contributed by atoms with Gasteiger partial charge in [0.05, 0.1) is 22.6 Å². The van der Waals surface area contributed by atoms with Crippen molar-refractivity contribution >= 4 is 52.0 Å². The average Bonchev–Trinajstić information content (AvgIpc) is 2.91. The van der Waals surface area contributed by atoms with Gasteiger partial charge in [0.15, 0.2) is 0 Å². The number of ether oxygens (including phenoxy) is 1. The van der Waals surface area contributed by atoms with Crippen molar-refractivity contribution in [2.45, 2.75) is 50.5 Å². The van der Waals surface area contributed by atoms with Crippen LogP contribution in [0.25, 0.3) is 11.0 Å². The lowest BCUT2D eigenvalue weighted by Crippen LogP contribution is -2.53. The van der Waals surface area contributed by atoms with E-state index in [9.17, 15) is 14.4 Å². The van der Waals surface area contributed by atoms with Crippen molar-refractivity contribution in [2.75, 3.05) is 36.0 Å². The minimum absolute atomic E-state index is 0.0213. The highest BCUT2D eigenvalue weighted by Crippen LogP contribution is 2.37. The Hall–Kier alpha value is -3.50. The predicted molar refractivity (Wildman–Crippen MR) is 152 cm³/mol. The maximum atomic E-state index is 13.8. The monoisotopic (exact) mass is 547 g/mol. The van der Waals surface area contributed by atoms with Crippen LogP contribution in [0.3, 0.4) is 0 Å². The van der Waals surface area contributed by atoms with E-state index in [1.165, 1.54) is 0 Å². The number of nitrogens with one attached hydrogen (secondary N) is 2. The molecule has 0 aliphatic carbocycles. The molecule has 9 nitrogen and oxygen atoms in total. The van der Waals surface area contributed by atoms with E-state index < -0.39 is 17.0 Å². The Labute approximate surface area is 232 Å². The molecule has 0 unspecified atom stereocenters. The quantitative estimate of drug-likeness (QED) is 0.347. The van der Waals surface area contributed by atoms with Crippen LogP contribution in [0.15, 0.2) is 53.7 Å². The van der Waals surface area contributed by atoms with E-state index in [0.717, 1.165) is 29.1 Å². The van der Waals surface area contributed by atoms with E-state index in [2.05, 4.69) is 37.6 Å². The summed E-state index contributed by atoms with van der Waals surface area (Å²) in [7, 11) is 0. The first-order valence-electron chi connectivity index (χ1n) is 13.2. The van der Waals surface area contributed by atoms with Crippen LogP contribution in [0, 0.1) is 5.41 Å². The van der Waals surface area contributed by atoms with Crippen LogP contribution in [0.1, 0.15) is 39.2 Å². The summed E-state index contributed by atoms with van der Waals surface area (Å²) in [6.07, 6.45) is 4.76. The van der Waals surface area contributed by atoms with Crippen LogP contribution >= 0.6 is 11.8 Å². The summed E-state index contributed by atoms with van der Waals surface area (Å²) in [5.41, 5.74) is 1.74.